The van der Waals surface area contributed by atoms with Crippen LogP contribution in [-0.4, -0.2) is 30.8 Å². The SMILES string of the molecule is O=C1OCCN1c1cccc2c1CCN(c1ccnc3c(Br)cccc13)C2. The molecule has 2 aliphatic rings. The van der Waals surface area contributed by atoms with Gasteiger partial charge in [0.25, 0.3) is 0 Å². The van der Waals surface area contributed by atoms with E-state index in [0.717, 1.165) is 40.6 Å². The summed E-state index contributed by atoms with van der Waals surface area (Å²) in [4.78, 5) is 20.7. The molecule has 27 heavy (non-hydrogen) atoms. The lowest BCUT2D eigenvalue weighted by Crippen LogP contribution is -2.33. The minimum absolute atomic E-state index is 0.240. The lowest BCUT2D eigenvalue weighted by atomic mass is 9.96. The highest BCUT2D eigenvalue weighted by atomic mass is 79.9. The van der Waals surface area contributed by atoms with Gasteiger partial charge in [-0.25, -0.2) is 4.79 Å². The Morgan fingerprint density at radius 2 is 1.93 bits per heavy atom. The van der Waals surface area contributed by atoms with Crippen molar-refractivity contribution in [3.63, 3.8) is 0 Å². The molecule has 0 N–H and O–H groups in total. The summed E-state index contributed by atoms with van der Waals surface area (Å²) >= 11 is 3.60. The quantitative estimate of drug-likeness (QED) is 0.607. The minimum atomic E-state index is -0.240. The number of fused-ring (bicyclic) bond motifs is 2. The number of carbonyl (C=O) groups is 1. The molecule has 0 spiro atoms. The van der Waals surface area contributed by atoms with Gasteiger partial charge >= 0.3 is 6.09 Å². The zero-order chi connectivity index (χ0) is 18.4. The molecule has 3 heterocycles. The molecule has 2 aliphatic heterocycles. The highest BCUT2D eigenvalue weighted by Crippen LogP contribution is 2.35. The summed E-state index contributed by atoms with van der Waals surface area (Å²) in [7, 11) is 0. The summed E-state index contributed by atoms with van der Waals surface area (Å²) in [5, 5.41) is 1.15. The zero-order valence-corrected chi connectivity index (χ0v) is 16.3. The maximum Gasteiger partial charge on any atom is 0.414 e. The summed E-state index contributed by atoms with van der Waals surface area (Å²) in [5.41, 5.74) is 5.69. The van der Waals surface area contributed by atoms with Gasteiger partial charge in [-0.1, -0.05) is 24.3 Å². The van der Waals surface area contributed by atoms with Gasteiger partial charge in [-0.15, -0.1) is 0 Å². The summed E-state index contributed by atoms with van der Waals surface area (Å²) < 4.78 is 6.13. The van der Waals surface area contributed by atoms with Crippen molar-refractivity contribution in [3.05, 3.63) is 64.3 Å². The van der Waals surface area contributed by atoms with Crippen molar-refractivity contribution in [2.24, 2.45) is 0 Å². The Morgan fingerprint density at radius 1 is 1.04 bits per heavy atom. The van der Waals surface area contributed by atoms with Gasteiger partial charge in [0.2, 0.25) is 0 Å². The van der Waals surface area contributed by atoms with E-state index in [1.165, 1.54) is 16.8 Å². The second kappa shape index (κ2) is 6.53. The molecule has 0 radical (unpaired) electrons. The molecule has 5 rings (SSSR count). The van der Waals surface area contributed by atoms with E-state index in [9.17, 15) is 4.79 Å². The van der Waals surface area contributed by atoms with E-state index in [0.29, 0.717) is 13.2 Å². The number of benzene rings is 2. The zero-order valence-electron chi connectivity index (χ0n) is 14.7. The molecule has 0 saturated carbocycles. The Labute approximate surface area is 165 Å². The van der Waals surface area contributed by atoms with Crippen molar-refractivity contribution in [2.75, 3.05) is 29.5 Å². The van der Waals surface area contributed by atoms with E-state index in [1.807, 2.05) is 30.5 Å². The number of cyclic esters (lactones) is 1. The first kappa shape index (κ1) is 16.6. The van der Waals surface area contributed by atoms with Crippen LogP contribution in [0.1, 0.15) is 11.1 Å². The summed E-state index contributed by atoms with van der Waals surface area (Å²) in [6, 6.07) is 14.5. The monoisotopic (exact) mass is 423 g/mol. The molecule has 1 fully saturated rings. The molecule has 0 bridgehead atoms. The smallest absolute Gasteiger partial charge is 0.414 e. The molecule has 1 aromatic heterocycles. The minimum Gasteiger partial charge on any atom is -0.447 e. The van der Waals surface area contributed by atoms with Crippen LogP contribution in [0.5, 0.6) is 0 Å². The maximum absolute atomic E-state index is 12.0. The van der Waals surface area contributed by atoms with E-state index >= 15 is 0 Å². The molecule has 136 valence electrons. The van der Waals surface area contributed by atoms with Crippen LogP contribution in [0.15, 0.2) is 53.1 Å². The Balaban J connectivity index is 1.53. The van der Waals surface area contributed by atoms with Crippen molar-refractivity contribution in [1.29, 1.82) is 0 Å². The second-order valence-electron chi connectivity index (χ2n) is 6.82. The van der Waals surface area contributed by atoms with Crippen LogP contribution >= 0.6 is 15.9 Å². The average molecular weight is 424 g/mol. The molecule has 0 atom stereocenters. The molecular formula is C21H18BrN3O2. The molecule has 0 aliphatic carbocycles. The number of hydrogen-bond acceptors (Lipinski definition) is 4. The van der Waals surface area contributed by atoms with Gasteiger partial charge in [-0.3, -0.25) is 9.88 Å². The maximum atomic E-state index is 12.0. The average Bonchev–Trinajstić information content (AvgIpc) is 3.13. The Morgan fingerprint density at radius 3 is 2.78 bits per heavy atom. The van der Waals surface area contributed by atoms with Crippen LogP contribution in [0.3, 0.4) is 0 Å². The highest BCUT2D eigenvalue weighted by molar-refractivity contribution is 9.10. The Hall–Kier alpha value is -2.60. The normalized spacial score (nSPS) is 16.6. The van der Waals surface area contributed by atoms with Gasteiger partial charge in [0.15, 0.2) is 0 Å². The number of rotatable bonds is 2. The van der Waals surface area contributed by atoms with E-state index in [2.05, 4.69) is 44.0 Å². The molecule has 2 aromatic carbocycles. The molecule has 1 amide bonds. The van der Waals surface area contributed by atoms with Crippen LogP contribution in [0.25, 0.3) is 10.9 Å². The molecule has 0 unspecified atom stereocenters. The Bertz CT molecular complexity index is 1050. The van der Waals surface area contributed by atoms with Crippen molar-refractivity contribution in [1.82, 2.24) is 4.98 Å². The van der Waals surface area contributed by atoms with Crippen LogP contribution in [0.2, 0.25) is 0 Å². The van der Waals surface area contributed by atoms with E-state index in [4.69, 9.17) is 4.74 Å². The first-order valence-corrected chi connectivity index (χ1v) is 9.85. The first-order chi connectivity index (χ1) is 13.2. The number of carbonyl (C=O) groups excluding carboxylic acids is 1. The third-order valence-electron chi connectivity index (χ3n) is 5.33. The van der Waals surface area contributed by atoms with Crippen molar-refractivity contribution in [2.45, 2.75) is 13.0 Å². The van der Waals surface area contributed by atoms with Crippen LogP contribution in [0.4, 0.5) is 16.2 Å². The van der Waals surface area contributed by atoms with Crippen LogP contribution < -0.4 is 9.80 Å². The number of amides is 1. The molecule has 5 nitrogen and oxygen atoms in total. The van der Waals surface area contributed by atoms with Gasteiger partial charge in [0, 0.05) is 34.8 Å². The third-order valence-corrected chi connectivity index (χ3v) is 5.97. The lowest BCUT2D eigenvalue weighted by Gasteiger charge is -2.33. The number of halogens is 1. The topological polar surface area (TPSA) is 45.7 Å². The summed E-state index contributed by atoms with van der Waals surface area (Å²) in [6.45, 7) is 2.81. The highest BCUT2D eigenvalue weighted by Gasteiger charge is 2.28. The van der Waals surface area contributed by atoms with E-state index < -0.39 is 0 Å². The van der Waals surface area contributed by atoms with Gasteiger partial charge in [-0.2, -0.15) is 0 Å². The fourth-order valence-electron chi connectivity index (χ4n) is 4.06. The predicted octanol–water partition coefficient (Wildman–Crippen LogP) is 4.52. The van der Waals surface area contributed by atoms with Crippen molar-refractivity contribution < 1.29 is 9.53 Å². The van der Waals surface area contributed by atoms with Gasteiger partial charge in [0.05, 0.1) is 17.7 Å². The van der Waals surface area contributed by atoms with Gasteiger partial charge in [-0.05, 0) is 51.7 Å². The van der Waals surface area contributed by atoms with E-state index in [1.54, 1.807) is 4.90 Å². The van der Waals surface area contributed by atoms with E-state index in [-0.39, 0.29) is 6.09 Å². The number of aromatic nitrogens is 1. The lowest BCUT2D eigenvalue weighted by molar-refractivity contribution is 0.181. The number of ether oxygens (including phenoxy) is 1. The number of anilines is 2. The summed E-state index contributed by atoms with van der Waals surface area (Å²) in [6.07, 6.45) is 2.53. The third kappa shape index (κ3) is 2.75. The van der Waals surface area contributed by atoms with Gasteiger partial charge < -0.3 is 9.64 Å². The number of pyridine rings is 1. The van der Waals surface area contributed by atoms with Crippen molar-refractivity contribution >= 4 is 44.3 Å². The fraction of sp³-hybridized carbons (Fsp3) is 0.238. The van der Waals surface area contributed by atoms with Crippen LogP contribution in [-0.2, 0) is 17.7 Å². The van der Waals surface area contributed by atoms with Gasteiger partial charge in [0.1, 0.15) is 6.61 Å². The molecule has 3 aromatic rings. The predicted molar refractivity (Wildman–Crippen MR) is 109 cm³/mol. The molecule has 6 heteroatoms. The Kier molecular flexibility index (Phi) is 4.01. The number of nitrogens with zero attached hydrogens (tertiary/aromatic N) is 3. The number of hydrogen-bond donors (Lipinski definition) is 0. The second-order valence-corrected chi connectivity index (χ2v) is 7.67. The van der Waals surface area contributed by atoms with Crippen LogP contribution in [0, 0.1) is 0 Å². The van der Waals surface area contributed by atoms with Crippen molar-refractivity contribution in [3.8, 4) is 0 Å². The summed E-state index contributed by atoms with van der Waals surface area (Å²) in [5.74, 6) is 0. The largest absolute Gasteiger partial charge is 0.447 e. The molecular weight excluding hydrogens is 406 g/mol. The standard InChI is InChI=1S/C21H18BrN3O2/c22-17-5-2-4-16-18(7-9-23-20(16)17)24-10-8-15-14(13-24)3-1-6-19(15)25-11-12-27-21(25)26/h1-7,9H,8,10-13H2. The fourth-order valence-corrected chi connectivity index (χ4v) is 4.53. The first-order valence-electron chi connectivity index (χ1n) is 9.05. The number of para-hydroxylation sites is 1. The molecule has 1 saturated heterocycles.